The lowest BCUT2D eigenvalue weighted by Crippen LogP contribution is -2.06. The van der Waals surface area contributed by atoms with Gasteiger partial charge in [0.15, 0.2) is 0 Å². The Labute approximate surface area is 153 Å². The molecule has 24 heavy (non-hydrogen) atoms. The van der Waals surface area contributed by atoms with Crippen LogP contribution in [0.15, 0.2) is 68.1 Å². The van der Waals surface area contributed by atoms with E-state index in [2.05, 4.69) is 36.1 Å². The molecule has 0 unspecified atom stereocenters. The Balaban J connectivity index is 2.40. The van der Waals surface area contributed by atoms with E-state index in [9.17, 15) is 0 Å². The minimum absolute atomic E-state index is 0.763. The lowest BCUT2D eigenvalue weighted by atomic mass is 10.1. The molecule has 2 N–H and O–H groups in total. The van der Waals surface area contributed by atoms with E-state index in [0.717, 1.165) is 37.9 Å². The van der Waals surface area contributed by atoms with Crippen LogP contribution in [0.4, 0.5) is 5.69 Å². The average Bonchev–Trinajstić information content (AvgIpc) is 2.57. The van der Waals surface area contributed by atoms with Crippen LogP contribution in [0.3, 0.4) is 0 Å². The van der Waals surface area contributed by atoms with Gasteiger partial charge in [-0.2, -0.15) is 0 Å². The number of hydrogen-bond donors (Lipinski definition) is 1. The first-order valence-electron chi connectivity index (χ1n) is 7.72. The second-order valence-corrected chi connectivity index (χ2v) is 7.46. The van der Waals surface area contributed by atoms with Crippen LogP contribution in [0.5, 0.6) is 0 Å². The van der Waals surface area contributed by atoms with Crippen molar-refractivity contribution in [2.45, 2.75) is 28.0 Å². The Hall–Kier alpha value is -1.85. The number of nitrogens with two attached hydrogens (primary N) is 1. The summed E-state index contributed by atoms with van der Waals surface area (Å²) in [4.78, 5) is 5.15. The van der Waals surface area contributed by atoms with Crippen molar-refractivity contribution >= 4 is 41.3 Å². The van der Waals surface area contributed by atoms with Gasteiger partial charge in [0.2, 0.25) is 0 Å². The molecule has 2 rings (SSSR count). The average molecular weight is 358 g/mol. The van der Waals surface area contributed by atoms with Gasteiger partial charge in [-0.3, -0.25) is 0 Å². The van der Waals surface area contributed by atoms with Gasteiger partial charge in [0, 0.05) is 41.5 Å². The maximum Gasteiger partial charge on any atom is 0.0988 e. The summed E-state index contributed by atoms with van der Waals surface area (Å²) >= 11 is 3.10. The van der Waals surface area contributed by atoms with Crippen molar-refractivity contribution in [3.8, 4) is 0 Å². The molecule has 0 radical (unpaired) electrons. The predicted molar refractivity (Wildman–Crippen MR) is 109 cm³/mol. The third kappa shape index (κ3) is 5.08. The molecular formula is C19H23N3S2. The zero-order valence-electron chi connectivity index (χ0n) is 14.3. The minimum atomic E-state index is 0.763. The maximum atomic E-state index is 6.36. The van der Waals surface area contributed by atoms with E-state index >= 15 is 0 Å². The fourth-order valence-electron chi connectivity index (χ4n) is 1.99. The maximum absolute atomic E-state index is 6.36. The van der Waals surface area contributed by atoms with Crippen LogP contribution in [-0.4, -0.2) is 25.3 Å². The lowest BCUT2D eigenvalue weighted by Gasteiger charge is -2.14. The summed E-state index contributed by atoms with van der Waals surface area (Å²) in [6.45, 7) is 6.23. The van der Waals surface area contributed by atoms with Crippen LogP contribution in [0.2, 0.25) is 0 Å². The highest BCUT2D eigenvalue weighted by molar-refractivity contribution is 8.02. The number of hydrogen-bond acceptors (Lipinski definition) is 4. The van der Waals surface area contributed by atoms with E-state index in [4.69, 9.17) is 5.73 Å². The molecule has 3 nitrogen and oxygen atoms in total. The number of nitrogens with zero attached hydrogens (tertiary/aromatic N) is 2. The van der Waals surface area contributed by atoms with Gasteiger partial charge in [0.05, 0.1) is 11.2 Å². The Morgan fingerprint density at radius 1 is 1.25 bits per heavy atom. The predicted octanol–water partition coefficient (Wildman–Crippen LogP) is 5.44. The number of benzene rings is 2. The van der Waals surface area contributed by atoms with Gasteiger partial charge < -0.3 is 10.6 Å². The molecule has 0 aromatic heterocycles. The minimum Gasteiger partial charge on any atom is -0.398 e. The summed E-state index contributed by atoms with van der Waals surface area (Å²) in [5, 5.41) is 0. The summed E-state index contributed by atoms with van der Waals surface area (Å²) < 4.78 is 4.43. The molecule has 2 aromatic carbocycles. The van der Waals surface area contributed by atoms with Gasteiger partial charge >= 0.3 is 0 Å². The first kappa shape index (κ1) is 18.5. The molecule has 0 bridgehead atoms. The van der Waals surface area contributed by atoms with Crippen molar-refractivity contribution in [3.05, 3.63) is 54.6 Å². The van der Waals surface area contributed by atoms with Crippen molar-refractivity contribution in [2.75, 3.05) is 19.8 Å². The fraction of sp³-hybridized carbons (Fsp3) is 0.211. The van der Waals surface area contributed by atoms with E-state index in [-0.39, 0.29) is 0 Å². The monoisotopic (exact) mass is 357 g/mol. The highest BCUT2D eigenvalue weighted by Gasteiger charge is 2.12. The van der Waals surface area contributed by atoms with Crippen LogP contribution in [0, 0.1) is 0 Å². The van der Waals surface area contributed by atoms with Crippen molar-refractivity contribution < 1.29 is 0 Å². The smallest absolute Gasteiger partial charge is 0.0988 e. The first-order chi connectivity index (χ1) is 11.5. The summed E-state index contributed by atoms with van der Waals surface area (Å²) in [6.07, 6.45) is 2.69. The molecular weight excluding hydrogens is 334 g/mol. The van der Waals surface area contributed by atoms with E-state index in [0.29, 0.717) is 0 Å². The molecule has 0 aliphatic carbocycles. The Morgan fingerprint density at radius 3 is 2.58 bits per heavy atom. The third-order valence-corrected chi connectivity index (χ3v) is 5.33. The molecule has 0 heterocycles. The molecule has 5 heteroatoms. The number of anilines is 1. The van der Waals surface area contributed by atoms with Gasteiger partial charge in [-0.05, 0) is 41.8 Å². The van der Waals surface area contributed by atoms with Gasteiger partial charge in [-0.25, -0.2) is 4.40 Å². The molecule has 126 valence electrons. The quantitative estimate of drug-likeness (QED) is 0.310. The summed E-state index contributed by atoms with van der Waals surface area (Å²) in [5.74, 6) is 0. The molecule has 0 spiro atoms. The molecule has 2 aromatic rings. The van der Waals surface area contributed by atoms with Crippen LogP contribution in [0.25, 0.3) is 5.57 Å². The SMILES string of the molecule is C=C(CC)c1cc(N)c(Sc2ccccc2)c(S/N=C/N(C)C)c1. The van der Waals surface area contributed by atoms with Crippen LogP contribution in [-0.2, 0) is 0 Å². The largest absolute Gasteiger partial charge is 0.398 e. The normalized spacial score (nSPS) is 11.0. The van der Waals surface area contributed by atoms with Gasteiger partial charge in [-0.15, -0.1) is 0 Å². The van der Waals surface area contributed by atoms with Crippen molar-refractivity contribution in [3.63, 3.8) is 0 Å². The fourth-order valence-corrected chi connectivity index (χ4v) is 3.82. The van der Waals surface area contributed by atoms with E-state index in [1.54, 1.807) is 18.1 Å². The van der Waals surface area contributed by atoms with E-state index < -0.39 is 0 Å². The third-order valence-electron chi connectivity index (χ3n) is 3.31. The zero-order valence-corrected chi connectivity index (χ0v) is 16.0. The zero-order chi connectivity index (χ0) is 17.5. The Kier molecular flexibility index (Phi) is 6.82. The molecule has 0 saturated carbocycles. The number of rotatable bonds is 7. The van der Waals surface area contributed by atoms with Gasteiger partial charge in [0.25, 0.3) is 0 Å². The highest BCUT2D eigenvalue weighted by Crippen LogP contribution is 2.41. The Bertz CT molecular complexity index is 725. The molecule has 0 aliphatic heterocycles. The van der Waals surface area contributed by atoms with E-state index in [1.807, 2.05) is 43.3 Å². The van der Waals surface area contributed by atoms with Crippen molar-refractivity contribution in [1.29, 1.82) is 0 Å². The second kappa shape index (κ2) is 8.85. The number of allylic oxidation sites excluding steroid dienone is 1. The second-order valence-electron chi connectivity index (χ2n) is 5.54. The lowest BCUT2D eigenvalue weighted by molar-refractivity contribution is 0.645. The van der Waals surface area contributed by atoms with Crippen molar-refractivity contribution in [1.82, 2.24) is 4.90 Å². The van der Waals surface area contributed by atoms with Gasteiger partial charge in [0.1, 0.15) is 0 Å². The molecule has 0 saturated heterocycles. The summed E-state index contributed by atoms with van der Waals surface area (Å²) in [5.41, 5.74) is 9.28. The summed E-state index contributed by atoms with van der Waals surface area (Å²) in [7, 11) is 3.90. The van der Waals surface area contributed by atoms with E-state index in [1.165, 1.54) is 11.9 Å². The molecule has 0 atom stereocenters. The topological polar surface area (TPSA) is 41.6 Å². The molecule has 0 aliphatic rings. The molecule has 0 fully saturated rings. The highest BCUT2D eigenvalue weighted by atomic mass is 32.2. The van der Waals surface area contributed by atoms with Crippen LogP contribution in [0.1, 0.15) is 18.9 Å². The standard InChI is InChI=1S/C19H23N3S2/c1-5-14(2)15-11-17(20)19(23-16-9-7-6-8-10-16)18(12-15)24-21-13-22(3)4/h6-13H,2,5,20H2,1,3-4H3/b21-13+. The van der Waals surface area contributed by atoms with Crippen molar-refractivity contribution in [2.24, 2.45) is 4.40 Å². The first-order valence-corrected chi connectivity index (χ1v) is 9.31. The van der Waals surface area contributed by atoms with Crippen LogP contribution >= 0.6 is 23.7 Å². The summed E-state index contributed by atoms with van der Waals surface area (Å²) in [6, 6.07) is 14.4. The Morgan fingerprint density at radius 2 is 1.96 bits per heavy atom. The molecule has 0 amide bonds. The van der Waals surface area contributed by atoms with Gasteiger partial charge in [-0.1, -0.05) is 43.5 Å². The number of nitrogen functional groups attached to an aromatic ring is 1. The van der Waals surface area contributed by atoms with Crippen LogP contribution < -0.4 is 5.73 Å².